The van der Waals surface area contributed by atoms with E-state index in [4.69, 9.17) is 4.74 Å². The molecule has 0 aliphatic heterocycles. The third kappa shape index (κ3) is 5.55. The van der Waals surface area contributed by atoms with Crippen molar-refractivity contribution in [1.82, 2.24) is 4.83 Å². The summed E-state index contributed by atoms with van der Waals surface area (Å²) in [4.78, 5) is 25.1. The molecule has 1 N–H and O–H groups in total. The van der Waals surface area contributed by atoms with Crippen LogP contribution in [0.3, 0.4) is 0 Å². The standard InChI is InChI=1S/C22H19N3O6S/c1-15-6-9-19(10-7-15)32(29,30)24-23-14-17-8-11-21(20(13-17)25(27)28)31-22(26)18-5-3-4-16(2)12-18/h3-14,24H,1-2H3/b23-14+. The van der Waals surface area contributed by atoms with Crippen molar-refractivity contribution in [2.45, 2.75) is 18.7 Å². The lowest BCUT2D eigenvalue weighted by atomic mass is 10.1. The van der Waals surface area contributed by atoms with Gasteiger partial charge < -0.3 is 4.74 Å². The highest BCUT2D eigenvalue weighted by molar-refractivity contribution is 7.89. The molecular formula is C22H19N3O6S. The van der Waals surface area contributed by atoms with Gasteiger partial charge in [-0.2, -0.15) is 13.5 Å². The van der Waals surface area contributed by atoms with E-state index in [9.17, 15) is 23.3 Å². The summed E-state index contributed by atoms with van der Waals surface area (Å²) < 4.78 is 29.7. The summed E-state index contributed by atoms with van der Waals surface area (Å²) >= 11 is 0. The molecule has 3 rings (SSSR count). The van der Waals surface area contributed by atoms with E-state index in [1.165, 1.54) is 24.3 Å². The van der Waals surface area contributed by atoms with Crippen molar-refractivity contribution in [1.29, 1.82) is 0 Å². The van der Waals surface area contributed by atoms with Crippen LogP contribution in [0.1, 0.15) is 27.0 Å². The first-order valence-electron chi connectivity index (χ1n) is 9.34. The fourth-order valence-electron chi connectivity index (χ4n) is 2.71. The van der Waals surface area contributed by atoms with Gasteiger partial charge >= 0.3 is 11.7 Å². The zero-order chi connectivity index (χ0) is 23.3. The maximum absolute atomic E-state index is 12.3. The van der Waals surface area contributed by atoms with E-state index in [-0.39, 0.29) is 21.8 Å². The molecule has 0 aliphatic rings. The predicted octanol–water partition coefficient (Wildman–Crippen LogP) is 3.74. The number of benzene rings is 3. The van der Waals surface area contributed by atoms with Crippen LogP contribution in [-0.4, -0.2) is 25.5 Å². The Morgan fingerprint density at radius 1 is 1.03 bits per heavy atom. The number of rotatable bonds is 7. The summed E-state index contributed by atoms with van der Waals surface area (Å²) in [6, 6.07) is 16.6. The van der Waals surface area contributed by atoms with Gasteiger partial charge in [0.1, 0.15) is 0 Å². The number of ether oxygens (including phenoxy) is 1. The van der Waals surface area contributed by atoms with Gasteiger partial charge in [0.2, 0.25) is 5.75 Å². The Hall–Kier alpha value is -4.05. The average molecular weight is 453 g/mol. The number of esters is 1. The third-order valence-corrected chi connectivity index (χ3v) is 5.59. The van der Waals surface area contributed by atoms with Crippen LogP contribution >= 0.6 is 0 Å². The number of nitrogens with one attached hydrogen (secondary N) is 1. The quantitative estimate of drug-likeness (QED) is 0.191. The normalized spacial score (nSPS) is 11.3. The maximum Gasteiger partial charge on any atom is 0.343 e. The number of nitro groups is 1. The molecule has 0 bridgehead atoms. The van der Waals surface area contributed by atoms with Gasteiger partial charge in [0, 0.05) is 11.6 Å². The van der Waals surface area contributed by atoms with Crippen molar-refractivity contribution in [3.63, 3.8) is 0 Å². The van der Waals surface area contributed by atoms with E-state index in [0.29, 0.717) is 0 Å². The highest BCUT2D eigenvalue weighted by atomic mass is 32.2. The molecule has 0 amide bonds. The summed E-state index contributed by atoms with van der Waals surface area (Å²) in [5.41, 5.74) is 1.78. The molecule has 9 nitrogen and oxygen atoms in total. The zero-order valence-corrected chi connectivity index (χ0v) is 18.0. The summed E-state index contributed by atoms with van der Waals surface area (Å²) in [5.74, 6) is -0.969. The molecule has 0 saturated carbocycles. The van der Waals surface area contributed by atoms with E-state index in [2.05, 4.69) is 9.93 Å². The zero-order valence-electron chi connectivity index (χ0n) is 17.2. The van der Waals surface area contributed by atoms with E-state index in [1.54, 1.807) is 43.3 Å². The first-order valence-corrected chi connectivity index (χ1v) is 10.8. The van der Waals surface area contributed by atoms with E-state index < -0.39 is 26.6 Å². The fourth-order valence-corrected chi connectivity index (χ4v) is 3.51. The van der Waals surface area contributed by atoms with Crippen LogP contribution < -0.4 is 9.57 Å². The van der Waals surface area contributed by atoms with Gasteiger partial charge in [0.05, 0.1) is 21.6 Å². The largest absolute Gasteiger partial charge is 0.416 e. The van der Waals surface area contributed by atoms with Crippen LogP contribution in [0.5, 0.6) is 5.75 Å². The molecule has 164 valence electrons. The molecule has 0 radical (unpaired) electrons. The number of sulfonamides is 1. The van der Waals surface area contributed by atoms with E-state index >= 15 is 0 Å². The fraction of sp³-hybridized carbons (Fsp3) is 0.0909. The lowest BCUT2D eigenvalue weighted by Crippen LogP contribution is -2.18. The Balaban J connectivity index is 1.77. The number of aryl methyl sites for hydroxylation is 2. The smallest absolute Gasteiger partial charge is 0.343 e. The first-order chi connectivity index (χ1) is 15.2. The number of hydrogen-bond acceptors (Lipinski definition) is 7. The van der Waals surface area contributed by atoms with Crippen molar-refractivity contribution < 1.29 is 22.9 Å². The van der Waals surface area contributed by atoms with Gasteiger partial charge in [-0.05, 0) is 50.2 Å². The first kappa shape index (κ1) is 22.6. The lowest BCUT2D eigenvalue weighted by molar-refractivity contribution is -0.385. The molecular weight excluding hydrogens is 434 g/mol. The monoisotopic (exact) mass is 453 g/mol. The van der Waals surface area contributed by atoms with Gasteiger partial charge in [-0.1, -0.05) is 35.4 Å². The number of hydrazone groups is 1. The van der Waals surface area contributed by atoms with Gasteiger partial charge in [0.25, 0.3) is 10.0 Å². The Labute approximate surface area is 184 Å². The second-order valence-electron chi connectivity index (χ2n) is 6.91. The van der Waals surface area contributed by atoms with Crippen molar-refractivity contribution >= 4 is 27.9 Å². The van der Waals surface area contributed by atoms with Crippen LogP contribution in [0.25, 0.3) is 0 Å². The van der Waals surface area contributed by atoms with Gasteiger partial charge in [0.15, 0.2) is 0 Å². The summed E-state index contributed by atoms with van der Waals surface area (Å²) in [6.45, 7) is 3.64. The SMILES string of the molecule is Cc1ccc(S(=O)(=O)N/N=C/c2ccc(OC(=O)c3cccc(C)c3)c([N+](=O)[O-])c2)cc1. The Kier molecular flexibility index (Phi) is 6.64. The molecule has 0 unspecified atom stereocenters. The Morgan fingerprint density at radius 3 is 2.41 bits per heavy atom. The van der Waals surface area contributed by atoms with E-state index in [0.717, 1.165) is 23.4 Å². The molecule has 0 atom stereocenters. The molecule has 0 spiro atoms. The van der Waals surface area contributed by atoms with Crippen LogP contribution in [0.4, 0.5) is 5.69 Å². The summed E-state index contributed by atoms with van der Waals surface area (Å²) in [7, 11) is -3.88. The summed E-state index contributed by atoms with van der Waals surface area (Å²) in [6.07, 6.45) is 1.12. The molecule has 0 fully saturated rings. The Morgan fingerprint density at radius 2 is 1.75 bits per heavy atom. The number of nitro benzene ring substituents is 1. The van der Waals surface area contributed by atoms with Crippen LogP contribution in [0, 0.1) is 24.0 Å². The third-order valence-electron chi connectivity index (χ3n) is 4.35. The van der Waals surface area contributed by atoms with Gasteiger partial charge in [-0.15, -0.1) is 0 Å². The van der Waals surface area contributed by atoms with Crippen molar-refractivity contribution in [3.05, 3.63) is 99.1 Å². The molecule has 3 aromatic carbocycles. The minimum atomic E-state index is -3.88. The highest BCUT2D eigenvalue weighted by Crippen LogP contribution is 2.28. The molecule has 0 aromatic heterocycles. The van der Waals surface area contributed by atoms with Gasteiger partial charge in [-0.25, -0.2) is 9.63 Å². The van der Waals surface area contributed by atoms with Crippen LogP contribution in [0.2, 0.25) is 0 Å². The average Bonchev–Trinajstić information content (AvgIpc) is 2.74. The predicted molar refractivity (Wildman–Crippen MR) is 118 cm³/mol. The summed E-state index contributed by atoms with van der Waals surface area (Å²) in [5, 5.41) is 15.1. The minimum Gasteiger partial charge on any atom is -0.416 e. The molecule has 32 heavy (non-hydrogen) atoms. The highest BCUT2D eigenvalue weighted by Gasteiger charge is 2.20. The minimum absolute atomic E-state index is 0.0321. The Bertz CT molecular complexity index is 1300. The topological polar surface area (TPSA) is 128 Å². The second-order valence-corrected chi connectivity index (χ2v) is 8.57. The van der Waals surface area contributed by atoms with Crippen LogP contribution in [-0.2, 0) is 10.0 Å². The lowest BCUT2D eigenvalue weighted by Gasteiger charge is -2.06. The van der Waals surface area contributed by atoms with Crippen molar-refractivity contribution in [3.8, 4) is 5.75 Å². The number of carbonyl (C=O) groups is 1. The molecule has 0 saturated heterocycles. The maximum atomic E-state index is 12.3. The van der Waals surface area contributed by atoms with Crippen molar-refractivity contribution in [2.24, 2.45) is 5.10 Å². The number of hydrogen-bond donors (Lipinski definition) is 1. The van der Waals surface area contributed by atoms with Gasteiger partial charge in [-0.3, -0.25) is 10.1 Å². The van der Waals surface area contributed by atoms with Crippen molar-refractivity contribution in [2.75, 3.05) is 0 Å². The number of carbonyl (C=O) groups excluding carboxylic acids is 1. The van der Waals surface area contributed by atoms with E-state index in [1.807, 2.05) is 6.92 Å². The molecule has 3 aromatic rings. The second kappa shape index (κ2) is 9.40. The molecule has 0 aliphatic carbocycles. The number of nitrogens with zero attached hydrogens (tertiary/aromatic N) is 2. The van der Waals surface area contributed by atoms with Crippen LogP contribution in [0.15, 0.2) is 76.7 Å². The molecule has 0 heterocycles. The molecule has 10 heteroatoms.